The molecule has 9 nitrogen and oxygen atoms in total. The topological polar surface area (TPSA) is 157 Å². The van der Waals surface area contributed by atoms with Crippen molar-refractivity contribution in [3.8, 4) is 0 Å². The van der Waals surface area contributed by atoms with E-state index in [1.54, 1.807) is 18.8 Å². The number of urea groups is 1. The molecule has 116 valence electrons. The Kier molecular flexibility index (Phi) is 7.32. The maximum atomic E-state index is 10.7. The molecule has 1 rings (SSSR count). The quantitative estimate of drug-likeness (QED) is 0.269. The second kappa shape index (κ2) is 9.02. The largest absolute Gasteiger partial charge is 0.370 e. The van der Waals surface area contributed by atoms with E-state index in [2.05, 4.69) is 25.6 Å². The lowest BCUT2D eigenvalue weighted by Crippen LogP contribution is -2.44. The number of amides is 2. The lowest BCUT2D eigenvalue weighted by atomic mass is 10.6. The third-order valence-corrected chi connectivity index (χ3v) is 3.79. The van der Waals surface area contributed by atoms with E-state index in [1.165, 1.54) is 11.3 Å². The highest BCUT2D eigenvalue weighted by Crippen LogP contribution is 2.21. The van der Waals surface area contributed by atoms with Crippen molar-refractivity contribution in [2.24, 2.45) is 27.2 Å². The summed E-state index contributed by atoms with van der Waals surface area (Å²) in [5.74, 6) is 1.92. The molecule has 0 saturated carbocycles. The lowest BCUT2D eigenvalue weighted by Gasteiger charge is -2.08. The Morgan fingerprint density at radius 3 is 2.86 bits per heavy atom. The van der Waals surface area contributed by atoms with Crippen molar-refractivity contribution in [3.05, 3.63) is 11.1 Å². The van der Waals surface area contributed by atoms with Gasteiger partial charge in [-0.3, -0.25) is 10.3 Å². The molecular formula is C10H18N8OS2. The Balaban J connectivity index is 2.24. The summed E-state index contributed by atoms with van der Waals surface area (Å²) in [5.41, 5.74) is 16.5. The summed E-state index contributed by atoms with van der Waals surface area (Å²) in [5, 5.41) is 7.81. The third-order valence-electron chi connectivity index (χ3n) is 2.02. The number of nitrogens with zero attached hydrogens (tertiary/aromatic N) is 3. The highest BCUT2D eigenvalue weighted by atomic mass is 32.2. The number of carbonyl (C=O) groups excluding carboxylic acids is 1. The number of nitrogens with one attached hydrogen (secondary N) is 2. The first-order valence-electron chi connectivity index (χ1n) is 5.90. The molecule has 1 aromatic rings. The molecule has 0 atom stereocenters. The molecule has 0 spiro atoms. The van der Waals surface area contributed by atoms with Crippen LogP contribution in [0.5, 0.6) is 0 Å². The number of aliphatic imine (C=N–C) groups is 2. The number of carbonyl (C=O) groups is 1. The molecule has 1 aromatic heterocycles. The maximum absolute atomic E-state index is 10.7. The fourth-order valence-electron chi connectivity index (χ4n) is 1.24. The summed E-state index contributed by atoms with van der Waals surface area (Å²) in [6, 6.07) is -0.648. The first kappa shape index (κ1) is 17.0. The van der Waals surface area contributed by atoms with Gasteiger partial charge in [0.15, 0.2) is 11.9 Å². The zero-order valence-corrected chi connectivity index (χ0v) is 13.1. The van der Waals surface area contributed by atoms with Gasteiger partial charge in [0, 0.05) is 30.5 Å². The van der Waals surface area contributed by atoms with Gasteiger partial charge in [0.1, 0.15) is 0 Å². The van der Waals surface area contributed by atoms with Gasteiger partial charge in [-0.2, -0.15) is 16.8 Å². The Hall–Kier alpha value is -2.01. The number of thioether (sulfide) groups is 1. The van der Waals surface area contributed by atoms with Crippen LogP contribution >= 0.6 is 23.1 Å². The van der Waals surface area contributed by atoms with E-state index in [0.717, 1.165) is 17.2 Å². The molecule has 0 bridgehead atoms. The molecule has 0 aliphatic heterocycles. The smallest absolute Gasteiger partial charge is 0.318 e. The van der Waals surface area contributed by atoms with Gasteiger partial charge >= 0.3 is 6.03 Å². The normalized spacial score (nSPS) is 11.0. The number of aromatic nitrogens is 1. The van der Waals surface area contributed by atoms with Crippen molar-refractivity contribution in [3.63, 3.8) is 0 Å². The first-order chi connectivity index (χ1) is 10.0. The number of hydrogen-bond acceptors (Lipinski definition) is 6. The molecule has 0 saturated heterocycles. The van der Waals surface area contributed by atoms with Crippen molar-refractivity contribution >= 4 is 46.2 Å². The van der Waals surface area contributed by atoms with Crippen LogP contribution in [-0.2, 0) is 5.75 Å². The van der Waals surface area contributed by atoms with Crippen LogP contribution in [0.2, 0.25) is 0 Å². The van der Waals surface area contributed by atoms with Crippen LogP contribution in [0.4, 0.5) is 9.93 Å². The van der Waals surface area contributed by atoms with E-state index in [-0.39, 0.29) is 5.96 Å². The van der Waals surface area contributed by atoms with Gasteiger partial charge < -0.3 is 22.5 Å². The zero-order valence-electron chi connectivity index (χ0n) is 11.5. The molecule has 8 N–H and O–H groups in total. The van der Waals surface area contributed by atoms with Crippen LogP contribution in [0.15, 0.2) is 15.4 Å². The van der Waals surface area contributed by atoms with E-state index in [4.69, 9.17) is 17.2 Å². The summed E-state index contributed by atoms with van der Waals surface area (Å²) < 4.78 is 0. The summed E-state index contributed by atoms with van der Waals surface area (Å²) in [7, 11) is 1.56. The third kappa shape index (κ3) is 7.37. The Bertz CT molecular complexity index is 523. The lowest BCUT2D eigenvalue weighted by molar-refractivity contribution is 0.253. The Morgan fingerprint density at radius 1 is 1.48 bits per heavy atom. The van der Waals surface area contributed by atoms with Crippen LogP contribution in [-0.4, -0.2) is 42.3 Å². The monoisotopic (exact) mass is 330 g/mol. The fraction of sp³-hybridized carbons (Fsp3) is 0.400. The minimum atomic E-state index is -0.648. The minimum Gasteiger partial charge on any atom is -0.370 e. The second-order valence-corrected chi connectivity index (χ2v) is 5.64. The van der Waals surface area contributed by atoms with E-state index in [9.17, 15) is 4.79 Å². The fourth-order valence-corrected chi connectivity index (χ4v) is 2.80. The van der Waals surface area contributed by atoms with Gasteiger partial charge in [0.2, 0.25) is 5.13 Å². The summed E-state index contributed by atoms with van der Waals surface area (Å²) >= 11 is 3.07. The molecular weight excluding hydrogens is 312 g/mol. The van der Waals surface area contributed by atoms with Gasteiger partial charge in [-0.25, -0.2) is 9.78 Å². The number of thiazole rings is 1. The average molecular weight is 330 g/mol. The molecule has 0 unspecified atom stereocenters. The Labute approximate surface area is 130 Å². The minimum absolute atomic E-state index is 0.00101. The van der Waals surface area contributed by atoms with Gasteiger partial charge in [0.25, 0.3) is 0 Å². The van der Waals surface area contributed by atoms with Crippen molar-refractivity contribution in [1.82, 2.24) is 15.6 Å². The van der Waals surface area contributed by atoms with Crippen LogP contribution in [0.3, 0.4) is 0 Å². The molecule has 0 radical (unpaired) electrons. The Morgan fingerprint density at radius 2 is 2.24 bits per heavy atom. The summed E-state index contributed by atoms with van der Waals surface area (Å²) in [6.45, 7) is 0.641. The average Bonchev–Trinajstić information content (AvgIpc) is 2.83. The van der Waals surface area contributed by atoms with Gasteiger partial charge in [-0.1, -0.05) is 0 Å². The number of hydrogen-bond donors (Lipinski definition) is 5. The SMILES string of the molecule is CN=C(NCCSCc1csc(N=C(N)N)n1)NC(N)=O. The summed E-state index contributed by atoms with van der Waals surface area (Å²) in [4.78, 5) is 22.7. The number of guanidine groups is 2. The van der Waals surface area contributed by atoms with Crippen LogP contribution in [0, 0.1) is 0 Å². The first-order valence-corrected chi connectivity index (χ1v) is 7.93. The van der Waals surface area contributed by atoms with Gasteiger partial charge in [-0.05, 0) is 0 Å². The highest BCUT2D eigenvalue weighted by molar-refractivity contribution is 7.98. The second-order valence-electron chi connectivity index (χ2n) is 3.70. The molecule has 0 aromatic carbocycles. The van der Waals surface area contributed by atoms with Crippen molar-refractivity contribution in [2.75, 3.05) is 19.3 Å². The number of rotatable bonds is 6. The highest BCUT2D eigenvalue weighted by Gasteiger charge is 2.02. The molecule has 0 aliphatic rings. The molecule has 0 aliphatic carbocycles. The van der Waals surface area contributed by atoms with Crippen molar-refractivity contribution < 1.29 is 4.79 Å². The van der Waals surface area contributed by atoms with E-state index in [1.807, 2.05) is 5.38 Å². The molecule has 21 heavy (non-hydrogen) atoms. The van der Waals surface area contributed by atoms with Crippen LogP contribution in [0.1, 0.15) is 5.69 Å². The van der Waals surface area contributed by atoms with E-state index in [0.29, 0.717) is 17.6 Å². The predicted octanol–water partition coefficient (Wildman–Crippen LogP) is -0.475. The van der Waals surface area contributed by atoms with Crippen LogP contribution in [0.25, 0.3) is 0 Å². The zero-order chi connectivity index (χ0) is 15.7. The molecule has 0 fully saturated rings. The molecule has 2 amide bonds. The van der Waals surface area contributed by atoms with Crippen molar-refractivity contribution in [2.45, 2.75) is 5.75 Å². The number of nitrogens with two attached hydrogens (primary N) is 3. The maximum Gasteiger partial charge on any atom is 0.318 e. The number of primary amides is 1. The molecule has 1 heterocycles. The van der Waals surface area contributed by atoms with E-state index < -0.39 is 6.03 Å². The van der Waals surface area contributed by atoms with Crippen LogP contribution < -0.4 is 27.8 Å². The molecule has 11 heteroatoms. The predicted molar refractivity (Wildman–Crippen MR) is 87.8 cm³/mol. The van der Waals surface area contributed by atoms with Gasteiger partial charge in [-0.15, -0.1) is 11.3 Å². The van der Waals surface area contributed by atoms with E-state index >= 15 is 0 Å². The van der Waals surface area contributed by atoms with Gasteiger partial charge in [0.05, 0.1) is 5.69 Å². The summed E-state index contributed by atoms with van der Waals surface area (Å²) in [6.07, 6.45) is 0. The van der Waals surface area contributed by atoms with Crippen molar-refractivity contribution in [1.29, 1.82) is 0 Å². The standard InChI is InChI=1S/C10H18N8OS2/c1-14-9(18-8(13)19)15-2-3-20-4-6-5-21-10(16-6)17-7(11)12/h5H,2-4H2,1H3,(H4,11,12,16,17)(H4,13,14,15,18,19).